The molecule has 0 spiro atoms. The SMILES string of the molecule is COc1cc2c(cc1OC)NC1COCC1(C)C(=O)N2. The zero-order valence-corrected chi connectivity index (χ0v) is 11.8. The first-order chi connectivity index (χ1) is 9.58. The number of benzene rings is 1. The Morgan fingerprint density at radius 3 is 2.55 bits per heavy atom. The van der Waals surface area contributed by atoms with Crippen LogP contribution in [0.2, 0.25) is 0 Å². The van der Waals surface area contributed by atoms with Crippen molar-refractivity contribution in [3.63, 3.8) is 0 Å². The molecule has 6 nitrogen and oxygen atoms in total. The maximum Gasteiger partial charge on any atom is 0.234 e. The molecule has 20 heavy (non-hydrogen) atoms. The molecule has 2 unspecified atom stereocenters. The summed E-state index contributed by atoms with van der Waals surface area (Å²) in [5.74, 6) is 1.16. The van der Waals surface area contributed by atoms with Crippen LogP contribution in [-0.4, -0.2) is 39.4 Å². The highest BCUT2D eigenvalue weighted by atomic mass is 16.5. The number of carbonyl (C=O) groups excluding carboxylic acids is 1. The van der Waals surface area contributed by atoms with E-state index in [0.717, 1.165) is 5.69 Å². The Morgan fingerprint density at radius 1 is 1.25 bits per heavy atom. The molecule has 108 valence electrons. The molecular formula is C14H18N2O4. The van der Waals surface area contributed by atoms with Crippen molar-refractivity contribution in [1.82, 2.24) is 0 Å². The summed E-state index contributed by atoms with van der Waals surface area (Å²) in [4.78, 5) is 12.4. The molecule has 1 saturated heterocycles. The summed E-state index contributed by atoms with van der Waals surface area (Å²) >= 11 is 0. The first kappa shape index (κ1) is 13.1. The Morgan fingerprint density at radius 2 is 1.90 bits per heavy atom. The van der Waals surface area contributed by atoms with Gasteiger partial charge in [0.25, 0.3) is 0 Å². The lowest BCUT2D eigenvalue weighted by molar-refractivity contribution is -0.124. The zero-order chi connectivity index (χ0) is 14.3. The highest BCUT2D eigenvalue weighted by Gasteiger charge is 2.48. The fourth-order valence-electron chi connectivity index (χ4n) is 2.65. The summed E-state index contributed by atoms with van der Waals surface area (Å²) in [5.41, 5.74) is 0.943. The van der Waals surface area contributed by atoms with Crippen LogP contribution in [0.25, 0.3) is 0 Å². The molecule has 0 bridgehead atoms. The number of rotatable bonds is 2. The summed E-state index contributed by atoms with van der Waals surface area (Å²) in [6, 6.07) is 3.55. The van der Waals surface area contributed by atoms with Gasteiger partial charge in [-0.3, -0.25) is 4.79 Å². The van der Waals surface area contributed by atoms with E-state index in [1.54, 1.807) is 20.3 Å². The van der Waals surface area contributed by atoms with E-state index in [0.29, 0.717) is 30.4 Å². The maximum absolute atomic E-state index is 12.4. The van der Waals surface area contributed by atoms with Gasteiger partial charge in [-0.05, 0) is 6.92 Å². The number of anilines is 2. The molecular weight excluding hydrogens is 260 g/mol. The number of nitrogens with one attached hydrogen (secondary N) is 2. The lowest BCUT2D eigenvalue weighted by atomic mass is 9.84. The Hall–Kier alpha value is -1.95. The number of hydrogen-bond donors (Lipinski definition) is 2. The minimum atomic E-state index is -0.570. The van der Waals surface area contributed by atoms with Crippen LogP contribution < -0.4 is 20.1 Å². The second-order valence-electron chi connectivity index (χ2n) is 5.34. The maximum atomic E-state index is 12.4. The highest BCUT2D eigenvalue weighted by molar-refractivity contribution is 6.01. The molecule has 2 heterocycles. The second-order valence-corrected chi connectivity index (χ2v) is 5.34. The molecule has 1 fully saturated rings. The first-order valence-corrected chi connectivity index (χ1v) is 6.50. The Balaban J connectivity index is 2.06. The molecule has 0 aromatic heterocycles. The first-order valence-electron chi connectivity index (χ1n) is 6.50. The van der Waals surface area contributed by atoms with Crippen LogP contribution in [0.15, 0.2) is 12.1 Å². The summed E-state index contributed by atoms with van der Waals surface area (Å²) < 4.78 is 16.0. The molecule has 2 aliphatic rings. The number of methoxy groups -OCH3 is 2. The van der Waals surface area contributed by atoms with Crippen LogP contribution in [0.5, 0.6) is 11.5 Å². The summed E-state index contributed by atoms with van der Waals surface area (Å²) in [5, 5.41) is 6.32. The fraction of sp³-hybridized carbons (Fsp3) is 0.500. The van der Waals surface area contributed by atoms with Crippen molar-refractivity contribution in [2.24, 2.45) is 5.41 Å². The van der Waals surface area contributed by atoms with Gasteiger partial charge in [0.2, 0.25) is 5.91 Å². The summed E-state index contributed by atoms with van der Waals surface area (Å²) in [6.07, 6.45) is 0. The minimum absolute atomic E-state index is 0.0431. The van der Waals surface area contributed by atoms with Gasteiger partial charge in [0.1, 0.15) is 0 Å². The molecule has 2 N–H and O–H groups in total. The molecule has 2 aliphatic heterocycles. The van der Waals surface area contributed by atoms with Gasteiger partial charge in [0.05, 0.1) is 50.3 Å². The van der Waals surface area contributed by atoms with Gasteiger partial charge in [-0.1, -0.05) is 0 Å². The van der Waals surface area contributed by atoms with Crippen molar-refractivity contribution >= 4 is 17.3 Å². The average Bonchev–Trinajstić information content (AvgIpc) is 2.78. The van der Waals surface area contributed by atoms with Gasteiger partial charge < -0.3 is 24.8 Å². The molecule has 0 aliphatic carbocycles. The van der Waals surface area contributed by atoms with Crippen molar-refractivity contribution in [3.05, 3.63) is 12.1 Å². The smallest absolute Gasteiger partial charge is 0.234 e. The van der Waals surface area contributed by atoms with E-state index in [9.17, 15) is 4.79 Å². The quantitative estimate of drug-likeness (QED) is 0.857. The van der Waals surface area contributed by atoms with E-state index in [1.165, 1.54) is 0 Å². The average molecular weight is 278 g/mol. The predicted molar refractivity (Wildman–Crippen MR) is 74.5 cm³/mol. The van der Waals surface area contributed by atoms with Crippen molar-refractivity contribution in [3.8, 4) is 11.5 Å². The lowest BCUT2D eigenvalue weighted by Gasteiger charge is -2.25. The van der Waals surface area contributed by atoms with E-state index in [2.05, 4.69) is 10.6 Å². The van der Waals surface area contributed by atoms with E-state index in [-0.39, 0.29) is 11.9 Å². The third kappa shape index (κ3) is 1.79. The van der Waals surface area contributed by atoms with Crippen LogP contribution >= 0.6 is 0 Å². The van der Waals surface area contributed by atoms with Crippen molar-refractivity contribution < 1.29 is 19.0 Å². The molecule has 1 amide bonds. The minimum Gasteiger partial charge on any atom is -0.493 e. The number of fused-ring (bicyclic) bond motifs is 2. The molecule has 1 aromatic carbocycles. The Kier molecular flexibility index (Phi) is 2.97. The molecule has 1 aromatic rings. The molecule has 2 atom stereocenters. The Labute approximate surface area is 117 Å². The van der Waals surface area contributed by atoms with E-state index < -0.39 is 5.41 Å². The normalized spacial score (nSPS) is 27.8. The van der Waals surface area contributed by atoms with Crippen LogP contribution in [0.4, 0.5) is 11.4 Å². The van der Waals surface area contributed by atoms with Crippen molar-refractivity contribution in [2.75, 3.05) is 38.1 Å². The van der Waals surface area contributed by atoms with Crippen molar-refractivity contribution in [1.29, 1.82) is 0 Å². The molecule has 0 radical (unpaired) electrons. The Bertz CT molecular complexity index is 560. The fourth-order valence-corrected chi connectivity index (χ4v) is 2.65. The zero-order valence-electron chi connectivity index (χ0n) is 11.8. The summed E-state index contributed by atoms with van der Waals surface area (Å²) in [7, 11) is 3.16. The summed E-state index contributed by atoms with van der Waals surface area (Å²) in [6.45, 7) is 2.84. The van der Waals surface area contributed by atoms with Crippen molar-refractivity contribution in [2.45, 2.75) is 13.0 Å². The molecule has 0 saturated carbocycles. The number of amides is 1. The number of carbonyl (C=O) groups is 1. The highest BCUT2D eigenvalue weighted by Crippen LogP contribution is 2.42. The second kappa shape index (κ2) is 4.56. The van der Waals surface area contributed by atoms with Crippen LogP contribution in [0.1, 0.15) is 6.92 Å². The lowest BCUT2D eigenvalue weighted by Crippen LogP contribution is -2.44. The van der Waals surface area contributed by atoms with Gasteiger partial charge in [0, 0.05) is 12.1 Å². The van der Waals surface area contributed by atoms with Gasteiger partial charge in [-0.15, -0.1) is 0 Å². The third-order valence-electron chi connectivity index (χ3n) is 4.08. The van der Waals surface area contributed by atoms with E-state index in [4.69, 9.17) is 14.2 Å². The van der Waals surface area contributed by atoms with Gasteiger partial charge >= 0.3 is 0 Å². The number of ether oxygens (including phenoxy) is 3. The van der Waals surface area contributed by atoms with Gasteiger partial charge in [-0.25, -0.2) is 0 Å². The van der Waals surface area contributed by atoms with Crippen LogP contribution in [-0.2, 0) is 9.53 Å². The molecule has 6 heteroatoms. The van der Waals surface area contributed by atoms with Gasteiger partial charge in [0.15, 0.2) is 11.5 Å². The van der Waals surface area contributed by atoms with E-state index >= 15 is 0 Å². The van der Waals surface area contributed by atoms with Crippen LogP contribution in [0.3, 0.4) is 0 Å². The monoisotopic (exact) mass is 278 g/mol. The van der Waals surface area contributed by atoms with Crippen LogP contribution in [0, 0.1) is 5.41 Å². The standard InChI is InChI=1S/C14H18N2O4/c1-14-7-20-6-12(14)15-8-4-10(18-2)11(19-3)5-9(8)16-13(14)17/h4-5,12,15H,6-7H2,1-3H3,(H,16,17). The van der Waals surface area contributed by atoms with Gasteiger partial charge in [-0.2, -0.15) is 0 Å². The number of hydrogen-bond acceptors (Lipinski definition) is 5. The predicted octanol–water partition coefficient (Wildman–Crippen LogP) is 1.47. The van der Waals surface area contributed by atoms with E-state index in [1.807, 2.05) is 13.0 Å². The third-order valence-corrected chi connectivity index (χ3v) is 4.08. The molecule has 3 rings (SSSR count). The topological polar surface area (TPSA) is 68.8 Å². The largest absolute Gasteiger partial charge is 0.493 e.